The summed E-state index contributed by atoms with van der Waals surface area (Å²) in [5, 5.41) is 0. The first-order valence-electron chi connectivity index (χ1n) is 8.05. The molecule has 0 N–H and O–H groups in total. The molecular formula is C22H15FO2. The molecule has 4 rings (SSSR count). The summed E-state index contributed by atoms with van der Waals surface area (Å²) in [5.41, 5.74) is 2.54. The van der Waals surface area contributed by atoms with Crippen molar-refractivity contribution >= 4 is 11.9 Å². The second-order valence-electron chi connectivity index (χ2n) is 5.89. The highest BCUT2D eigenvalue weighted by atomic mass is 19.1. The van der Waals surface area contributed by atoms with E-state index >= 15 is 0 Å². The van der Waals surface area contributed by atoms with Crippen molar-refractivity contribution in [3.8, 4) is 5.75 Å². The summed E-state index contributed by atoms with van der Waals surface area (Å²) in [6.07, 6.45) is 1.19. The van der Waals surface area contributed by atoms with Crippen LogP contribution >= 0.6 is 0 Å². The van der Waals surface area contributed by atoms with Gasteiger partial charge in [0.15, 0.2) is 11.9 Å². The summed E-state index contributed by atoms with van der Waals surface area (Å²) < 4.78 is 19.7. The van der Waals surface area contributed by atoms with E-state index in [0.29, 0.717) is 22.4 Å². The van der Waals surface area contributed by atoms with Crippen LogP contribution in [0.3, 0.4) is 0 Å². The summed E-state index contributed by atoms with van der Waals surface area (Å²) in [6.45, 7) is 0. The highest BCUT2D eigenvalue weighted by Gasteiger charge is 2.32. The van der Waals surface area contributed by atoms with Crippen molar-refractivity contribution in [2.24, 2.45) is 0 Å². The van der Waals surface area contributed by atoms with Crippen molar-refractivity contribution in [3.63, 3.8) is 0 Å². The molecule has 0 aromatic heterocycles. The Morgan fingerprint density at radius 2 is 1.64 bits per heavy atom. The highest BCUT2D eigenvalue weighted by Crippen LogP contribution is 2.39. The average Bonchev–Trinajstić information content (AvgIpc) is 2.65. The summed E-state index contributed by atoms with van der Waals surface area (Å²) in [6, 6.07) is 22.9. The Kier molecular flexibility index (Phi) is 3.90. The quantitative estimate of drug-likeness (QED) is 0.602. The van der Waals surface area contributed by atoms with Gasteiger partial charge < -0.3 is 4.74 Å². The van der Waals surface area contributed by atoms with Crippen LogP contribution in [0.2, 0.25) is 0 Å². The fourth-order valence-electron chi connectivity index (χ4n) is 3.01. The lowest BCUT2D eigenvalue weighted by molar-refractivity contribution is 0.0963. The zero-order chi connectivity index (χ0) is 17.2. The normalized spacial score (nSPS) is 17.9. The Bertz CT molecular complexity index is 961. The number of Topliss-reactive ketones (excluding diaryl/α,β-unsaturated/α-hetero) is 1. The highest BCUT2D eigenvalue weighted by molar-refractivity contribution is 6.14. The second kappa shape index (κ2) is 6.36. The first kappa shape index (κ1) is 15.3. The summed E-state index contributed by atoms with van der Waals surface area (Å²) in [5.74, 6) is 0.132. The minimum absolute atomic E-state index is 0.0973. The number of hydrogen-bond acceptors (Lipinski definition) is 2. The third-order valence-electron chi connectivity index (χ3n) is 4.19. The minimum Gasteiger partial charge on any atom is -0.480 e. The largest absolute Gasteiger partial charge is 0.480 e. The van der Waals surface area contributed by atoms with E-state index in [0.717, 1.165) is 5.56 Å². The molecule has 3 aromatic rings. The zero-order valence-electron chi connectivity index (χ0n) is 13.4. The lowest BCUT2D eigenvalue weighted by atomic mass is 9.89. The molecule has 1 aliphatic heterocycles. The van der Waals surface area contributed by atoms with Crippen LogP contribution in [0.15, 0.2) is 84.4 Å². The van der Waals surface area contributed by atoms with Gasteiger partial charge in [-0.25, -0.2) is 4.39 Å². The van der Waals surface area contributed by atoms with Crippen molar-refractivity contribution in [2.75, 3.05) is 0 Å². The van der Waals surface area contributed by atoms with E-state index in [9.17, 15) is 9.18 Å². The Labute approximate surface area is 145 Å². The number of rotatable bonds is 2. The number of carbonyl (C=O) groups is 1. The maximum absolute atomic E-state index is 13.5. The SMILES string of the molecule is O=C1/C(=C/c2cccc(F)c2)C(c2ccccc2)Oc2ccccc21. The molecule has 122 valence electrons. The summed E-state index contributed by atoms with van der Waals surface area (Å²) in [7, 11) is 0. The molecule has 0 saturated carbocycles. The van der Waals surface area contributed by atoms with Gasteiger partial charge in [0, 0.05) is 5.57 Å². The van der Waals surface area contributed by atoms with Gasteiger partial charge in [0.05, 0.1) is 5.56 Å². The molecule has 0 bridgehead atoms. The number of ether oxygens (including phenoxy) is 1. The Balaban J connectivity index is 1.87. The molecule has 1 atom stereocenters. The predicted molar refractivity (Wildman–Crippen MR) is 95.0 cm³/mol. The van der Waals surface area contributed by atoms with E-state index in [-0.39, 0.29) is 11.6 Å². The molecule has 0 spiro atoms. The van der Waals surface area contributed by atoms with Crippen molar-refractivity contribution < 1.29 is 13.9 Å². The van der Waals surface area contributed by atoms with Crippen LogP contribution < -0.4 is 4.74 Å². The fraction of sp³-hybridized carbons (Fsp3) is 0.0455. The number of benzene rings is 3. The molecule has 1 unspecified atom stereocenters. The molecule has 3 aromatic carbocycles. The van der Waals surface area contributed by atoms with Gasteiger partial charge in [0.1, 0.15) is 11.6 Å². The first-order chi connectivity index (χ1) is 12.2. The molecule has 0 aliphatic carbocycles. The van der Waals surface area contributed by atoms with Gasteiger partial charge in [-0.1, -0.05) is 54.6 Å². The first-order valence-corrected chi connectivity index (χ1v) is 8.05. The van der Waals surface area contributed by atoms with E-state index in [4.69, 9.17) is 4.74 Å². The fourth-order valence-corrected chi connectivity index (χ4v) is 3.01. The van der Waals surface area contributed by atoms with Gasteiger partial charge >= 0.3 is 0 Å². The van der Waals surface area contributed by atoms with E-state index in [1.807, 2.05) is 42.5 Å². The van der Waals surface area contributed by atoms with Crippen LogP contribution in [-0.2, 0) is 0 Å². The van der Waals surface area contributed by atoms with Crippen molar-refractivity contribution in [2.45, 2.75) is 6.10 Å². The third-order valence-corrected chi connectivity index (χ3v) is 4.19. The van der Waals surface area contributed by atoms with Crippen molar-refractivity contribution in [3.05, 3.63) is 107 Å². The average molecular weight is 330 g/mol. The zero-order valence-corrected chi connectivity index (χ0v) is 13.4. The molecule has 0 fully saturated rings. The van der Waals surface area contributed by atoms with Gasteiger partial charge in [-0.3, -0.25) is 4.79 Å². The molecule has 0 radical (unpaired) electrons. The molecule has 1 heterocycles. The molecule has 0 amide bonds. The van der Waals surface area contributed by atoms with Gasteiger partial charge in [0.2, 0.25) is 0 Å². The van der Waals surface area contributed by atoms with Crippen molar-refractivity contribution in [1.29, 1.82) is 0 Å². The van der Waals surface area contributed by atoms with Gasteiger partial charge in [0.25, 0.3) is 0 Å². The number of hydrogen-bond donors (Lipinski definition) is 0. The maximum atomic E-state index is 13.5. The maximum Gasteiger partial charge on any atom is 0.196 e. The molecule has 2 nitrogen and oxygen atoms in total. The van der Waals surface area contributed by atoms with E-state index in [1.165, 1.54) is 12.1 Å². The Morgan fingerprint density at radius 1 is 0.880 bits per heavy atom. The number of fused-ring (bicyclic) bond motifs is 1. The van der Waals surface area contributed by atoms with Crippen LogP contribution in [0.5, 0.6) is 5.75 Å². The van der Waals surface area contributed by atoms with Crippen molar-refractivity contribution in [1.82, 2.24) is 0 Å². The molecule has 25 heavy (non-hydrogen) atoms. The van der Waals surface area contributed by atoms with Crippen LogP contribution in [-0.4, -0.2) is 5.78 Å². The number of carbonyl (C=O) groups excluding carboxylic acids is 1. The lowest BCUT2D eigenvalue weighted by Gasteiger charge is -2.28. The summed E-state index contributed by atoms with van der Waals surface area (Å²) in [4.78, 5) is 13.0. The van der Waals surface area contributed by atoms with Crippen LogP contribution in [0.25, 0.3) is 6.08 Å². The number of halogens is 1. The van der Waals surface area contributed by atoms with Gasteiger partial charge in [-0.15, -0.1) is 0 Å². The van der Waals surface area contributed by atoms with Gasteiger partial charge in [-0.2, -0.15) is 0 Å². The molecule has 0 saturated heterocycles. The third kappa shape index (κ3) is 2.96. The molecular weight excluding hydrogens is 315 g/mol. The van der Waals surface area contributed by atoms with E-state index in [1.54, 1.807) is 30.3 Å². The topological polar surface area (TPSA) is 26.3 Å². The summed E-state index contributed by atoms with van der Waals surface area (Å²) >= 11 is 0. The van der Waals surface area contributed by atoms with E-state index in [2.05, 4.69) is 0 Å². The standard InChI is InChI=1S/C22H15FO2/c23-17-10-6-7-15(13-17)14-19-21(24)18-11-4-5-12-20(18)25-22(19)16-8-2-1-3-9-16/h1-14,22H/b19-14-. The lowest BCUT2D eigenvalue weighted by Crippen LogP contribution is -2.23. The monoisotopic (exact) mass is 330 g/mol. The van der Waals surface area contributed by atoms with Crippen LogP contribution in [0.4, 0.5) is 4.39 Å². The predicted octanol–water partition coefficient (Wildman–Crippen LogP) is 5.23. The van der Waals surface area contributed by atoms with Gasteiger partial charge in [-0.05, 0) is 41.5 Å². The molecule has 1 aliphatic rings. The van der Waals surface area contributed by atoms with Crippen LogP contribution in [0.1, 0.15) is 27.6 Å². The molecule has 3 heteroatoms. The van der Waals surface area contributed by atoms with Crippen LogP contribution in [0, 0.1) is 5.82 Å². The minimum atomic E-state index is -0.521. The Hall–Kier alpha value is -3.20. The smallest absolute Gasteiger partial charge is 0.196 e. The van der Waals surface area contributed by atoms with E-state index < -0.39 is 6.10 Å². The number of para-hydroxylation sites is 1. The Morgan fingerprint density at radius 3 is 2.44 bits per heavy atom. The second-order valence-corrected chi connectivity index (χ2v) is 5.89. The number of ketones is 1.